The predicted octanol–water partition coefficient (Wildman–Crippen LogP) is 4.81. The van der Waals surface area contributed by atoms with Gasteiger partial charge in [-0.3, -0.25) is 0 Å². The first-order valence-corrected chi connectivity index (χ1v) is 7.78. The summed E-state index contributed by atoms with van der Waals surface area (Å²) in [6.45, 7) is 1.79. The number of benzene rings is 2. The van der Waals surface area contributed by atoms with Crippen LogP contribution in [0.2, 0.25) is 0 Å². The fraction of sp³-hybridized carbons (Fsp3) is 0.200. The molecular formula is C15H14BrFIN. The van der Waals surface area contributed by atoms with E-state index in [0.717, 1.165) is 10.0 Å². The van der Waals surface area contributed by atoms with E-state index in [4.69, 9.17) is 0 Å². The van der Waals surface area contributed by atoms with Gasteiger partial charge in [0.05, 0.1) is 6.04 Å². The van der Waals surface area contributed by atoms with Gasteiger partial charge in [-0.25, -0.2) is 4.39 Å². The van der Waals surface area contributed by atoms with E-state index in [1.807, 2.05) is 25.2 Å². The second-order valence-electron chi connectivity index (χ2n) is 4.40. The highest BCUT2D eigenvalue weighted by atomic mass is 127. The maximum absolute atomic E-state index is 13.4. The average Bonchev–Trinajstić information content (AvgIpc) is 2.38. The van der Waals surface area contributed by atoms with Crippen molar-refractivity contribution in [1.82, 2.24) is 5.32 Å². The molecule has 1 unspecified atom stereocenters. The van der Waals surface area contributed by atoms with Crippen molar-refractivity contribution >= 4 is 38.5 Å². The van der Waals surface area contributed by atoms with Gasteiger partial charge in [0.25, 0.3) is 0 Å². The van der Waals surface area contributed by atoms with Gasteiger partial charge in [-0.05, 0) is 77.5 Å². The minimum Gasteiger partial charge on any atom is -0.309 e. The van der Waals surface area contributed by atoms with Crippen molar-refractivity contribution < 1.29 is 4.39 Å². The second-order valence-corrected chi connectivity index (χ2v) is 6.47. The maximum atomic E-state index is 13.4. The van der Waals surface area contributed by atoms with Crippen LogP contribution in [0.4, 0.5) is 4.39 Å². The normalized spacial score (nSPS) is 12.5. The zero-order valence-electron chi connectivity index (χ0n) is 10.7. The number of hydrogen-bond donors (Lipinski definition) is 1. The minimum atomic E-state index is -0.164. The Bertz CT molecular complexity index is 601. The lowest BCUT2D eigenvalue weighted by Crippen LogP contribution is -2.19. The lowest BCUT2D eigenvalue weighted by Gasteiger charge is -2.19. The van der Waals surface area contributed by atoms with E-state index >= 15 is 0 Å². The summed E-state index contributed by atoms with van der Waals surface area (Å²) >= 11 is 5.82. The van der Waals surface area contributed by atoms with E-state index in [9.17, 15) is 4.39 Å². The molecule has 0 heterocycles. The number of rotatable bonds is 3. The summed E-state index contributed by atoms with van der Waals surface area (Å²) in [5.41, 5.74) is 2.92. The van der Waals surface area contributed by atoms with Crippen LogP contribution in [0.25, 0.3) is 0 Å². The van der Waals surface area contributed by atoms with Gasteiger partial charge in [0.1, 0.15) is 5.82 Å². The molecule has 0 aliphatic carbocycles. The van der Waals surface area contributed by atoms with Crippen LogP contribution in [0.3, 0.4) is 0 Å². The second kappa shape index (κ2) is 6.33. The molecule has 0 radical (unpaired) electrons. The fourth-order valence-corrected chi connectivity index (χ4v) is 3.11. The molecule has 0 aliphatic rings. The Labute approximate surface area is 134 Å². The molecule has 2 rings (SSSR count). The number of nitrogens with one attached hydrogen (secondary N) is 1. The molecule has 0 saturated carbocycles. The van der Waals surface area contributed by atoms with Crippen molar-refractivity contribution in [3.63, 3.8) is 0 Å². The number of hydrogen-bond acceptors (Lipinski definition) is 1. The molecule has 1 nitrogen and oxygen atoms in total. The van der Waals surface area contributed by atoms with Crippen molar-refractivity contribution in [2.75, 3.05) is 7.05 Å². The first-order valence-electron chi connectivity index (χ1n) is 5.91. The van der Waals surface area contributed by atoms with Crippen LogP contribution < -0.4 is 5.32 Å². The first kappa shape index (κ1) is 14.9. The van der Waals surface area contributed by atoms with Crippen LogP contribution in [-0.2, 0) is 0 Å². The predicted molar refractivity (Wildman–Crippen MR) is 88.9 cm³/mol. The summed E-state index contributed by atoms with van der Waals surface area (Å²) in [5.74, 6) is -0.164. The summed E-state index contributed by atoms with van der Waals surface area (Å²) in [4.78, 5) is 0. The molecule has 1 atom stereocenters. The highest BCUT2D eigenvalue weighted by molar-refractivity contribution is 14.1. The maximum Gasteiger partial charge on any atom is 0.126 e. The van der Waals surface area contributed by atoms with Crippen LogP contribution in [0, 0.1) is 16.3 Å². The zero-order chi connectivity index (χ0) is 14.0. The summed E-state index contributed by atoms with van der Waals surface area (Å²) < 4.78 is 15.6. The molecule has 0 fully saturated rings. The summed E-state index contributed by atoms with van der Waals surface area (Å²) in [6.07, 6.45) is 0. The average molecular weight is 434 g/mol. The van der Waals surface area contributed by atoms with Crippen molar-refractivity contribution in [2.45, 2.75) is 13.0 Å². The Kier molecular flexibility index (Phi) is 4.97. The van der Waals surface area contributed by atoms with Gasteiger partial charge in [0, 0.05) is 8.04 Å². The molecule has 0 amide bonds. The van der Waals surface area contributed by atoms with Crippen molar-refractivity contribution in [1.29, 1.82) is 0 Å². The molecule has 2 aromatic rings. The van der Waals surface area contributed by atoms with Gasteiger partial charge >= 0.3 is 0 Å². The Morgan fingerprint density at radius 2 is 1.95 bits per heavy atom. The molecule has 0 aliphatic heterocycles. The zero-order valence-corrected chi connectivity index (χ0v) is 14.4. The van der Waals surface area contributed by atoms with Gasteiger partial charge in [-0.1, -0.05) is 28.1 Å². The van der Waals surface area contributed by atoms with E-state index in [2.05, 4.69) is 56.0 Å². The van der Waals surface area contributed by atoms with E-state index in [0.29, 0.717) is 5.56 Å². The molecule has 2 aromatic carbocycles. The molecule has 0 bridgehead atoms. The topological polar surface area (TPSA) is 12.0 Å². The number of halogens is 3. The Balaban J connectivity index is 2.49. The third-order valence-electron chi connectivity index (χ3n) is 3.07. The third-order valence-corrected chi connectivity index (χ3v) is 4.55. The Morgan fingerprint density at radius 3 is 2.58 bits per heavy atom. The summed E-state index contributed by atoms with van der Waals surface area (Å²) in [7, 11) is 1.92. The van der Waals surface area contributed by atoms with E-state index in [1.54, 1.807) is 6.92 Å². The van der Waals surface area contributed by atoms with Crippen molar-refractivity contribution in [2.24, 2.45) is 0 Å². The number of aryl methyl sites for hydroxylation is 1. The molecule has 0 spiro atoms. The third kappa shape index (κ3) is 3.35. The van der Waals surface area contributed by atoms with Crippen molar-refractivity contribution in [3.05, 3.63) is 66.9 Å². The van der Waals surface area contributed by atoms with Crippen LogP contribution in [0.15, 0.2) is 40.9 Å². The van der Waals surface area contributed by atoms with Crippen LogP contribution in [0.5, 0.6) is 0 Å². The molecule has 0 aromatic heterocycles. The lowest BCUT2D eigenvalue weighted by atomic mass is 9.97. The van der Waals surface area contributed by atoms with Gasteiger partial charge in [0.15, 0.2) is 0 Å². The summed E-state index contributed by atoms with van der Waals surface area (Å²) in [6, 6.07) is 11.5. The first-order chi connectivity index (χ1) is 9.02. The molecule has 100 valence electrons. The quantitative estimate of drug-likeness (QED) is 0.685. The van der Waals surface area contributed by atoms with Gasteiger partial charge < -0.3 is 5.32 Å². The Morgan fingerprint density at radius 1 is 1.21 bits per heavy atom. The van der Waals surface area contributed by atoms with Gasteiger partial charge in [-0.2, -0.15) is 0 Å². The highest BCUT2D eigenvalue weighted by Gasteiger charge is 2.16. The van der Waals surface area contributed by atoms with E-state index < -0.39 is 0 Å². The molecule has 1 N–H and O–H groups in total. The molecule has 4 heteroatoms. The standard InChI is InChI=1S/C15H14BrFIN/c1-9-7-10(3-5-13(9)17)15(19-2)12-8-11(16)4-6-14(12)18/h3-8,15,19H,1-2H3. The van der Waals surface area contributed by atoms with E-state index in [-0.39, 0.29) is 11.9 Å². The van der Waals surface area contributed by atoms with Gasteiger partial charge in [-0.15, -0.1) is 0 Å². The lowest BCUT2D eigenvalue weighted by molar-refractivity contribution is 0.613. The van der Waals surface area contributed by atoms with E-state index in [1.165, 1.54) is 15.2 Å². The van der Waals surface area contributed by atoms with Crippen molar-refractivity contribution in [3.8, 4) is 0 Å². The molecule has 19 heavy (non-hydrogen) atoms. The van der Waals surface area contributed by atoms with Gasteiger partial charge in [0.2, 0.25) is 0 Å². The van der Waals surface area contributed by atoms with Crippen LogP contribution >= 0.6 is 38.5 Å². The fourth-order valence-electron chi connectivity index (χ4n) is 2.09. The smallest absolute Gasteiger partial charge is 0.126 e. The summed E-state index contributed by atoms with van der Waals surface area (Å²) in [5, 5.41) is 3.30. The monoisotopic (exact) mass is 433 g/mol. The Hall–Kier alpha value is -0.460. The highest BCUT2D eigenvalue weighted by Crippen LogP contribution is 2.29. The molecule has 0 saturated heterocycles. The minimum absolute atomic E-state index is 0.0590. The molecular weight excluding hydrogens is 420 g/mol. The largest absolute Gasteiger partial charge is 0.309 e. The SMILES string of the molecule is CNC(c1ccc(F)c(C)c1)c1cc(Br)ccc1I. The van der Waals surface area contributed by atoms with Crippen LogP contribution in [-0.4, -0.2) is 7.05 Å². The van der Waals surface area contributed by atoms with Crippen LogP contribution in [0.1, 0.15) is 22.7 Å².